The van der Waals surface area contributed by atoms with E-state index in [2.05, 4.69) is 4.98 Å². The van der Waals surface area contributed by atoms with E-state index < -0.39 is 5.82 Å². The first-order valence-electron chi connectivity index (χ1n) is 3.27. The average Bonchev–Trinajstić information content (AvgIpc) is 2.07. The molecule has 0 fully saturated rings. The fourth-order valence-electron chi connectivity index (χ4n) is 0.727. The lowest BCUT2D eigenvalue weighted by atomic mass is 10.2. The Hall–Kier alpha value is -0.600. The number of nitrogens with zero attached hydrogens (tertiary/aromatic N) is 1. The van der Waals surface area contributed by atoms with Crippen molar-refractivity contribution in [2.75, 3.05) is 5.88 Å². The zero-order chi connectivity index (χ0) is 8.97. The molecule has 0 aliphatic carbocycles. The highest BCUT2D eigenvalue weighted by atomic mass is 35.5. The minimum absolute atomic E-state index is 0.276. The molecule has 1 aromatic heterocycles. The van der Waals surface area contributed by atoms with Crippen molar-refractivity contribution in [2.24, 2.45) is 0 Å². The molecule has 1 rings (SSSR count). The van der Waals surface area contributed by atoms with Crippen molar-refractivity contribution in [2.45, 2.75) is 0 Å². The first-order chi connectivity index (χ1) is 5.74. The van der Waals surface area contributed by atoms with Gasteiger partial charge in [-0.25, -0.2) is 9.37 Å². The summed E-state index contributed by atoms with van der Waals surface area (Å²) < 4.78 is 12.6. The molecule has 0 amide bonds. The summed E-state index contributed by atoms with van der Waals surface area (Å²) in [6.45, 7) is 0. The number of aromatic nitrogens is 1. The number of alkyl halides is 1. The Morgan fingerprint density at radius 3 is 3.00 bits per heavy atom. The van der Waals surface area contributed by atoms with Crippen molar-refractivity contribution in [3.63, 3.8) is 0 Å². The molecule has 1 nitrogen and oxygen atoms in total. The summed E-state index contributed by atoms with van der Waals surface area (Å²) in [4.78, 5) is 3.63. The van der Waals surface area contributed by atoms with E-state index in [0.29, 0.717) is 11.4 Å². The summed E-state index contributed by atoms with van der Waals surface area (Å²) in [7, 11) is 0. The van der Waals surface area contributed by atoms with Crippen LogP contribution in [0.4, 0.5) is 4.39 Å². The molecule has 0 saturated heterocycles. The zero-order valence-corrected chi connectivity index (χ0v) is 7.61. The van der Waals surface area contributed by atoms with Crippen molar-refractivity contribution < 1.29 is 4.39 Å². The third-order valence-corrected chi connectivity index (χ3v) is 1.71. The van der Waals surface area contributed by atoms with Crippen LogP contribution in [0.15, 0.2) is 18.3 Å². The van der Waals surface area contributed by atoms with Crippen LogP contribution < -0.4 is 0 Å². The molecular weight excluding hydrogens is 200 g/mol. The topological polar surface area (TPSA) is 12.9 Å². The molecule has 0 aromatic carbocycles. The maximum absolute atomic E-state index is 12.6. The second kappa shape index (κ2) is 4.43. The standard InChI is InChI=1S/C8H6Cl2FN/c9-3-1-2-6-4-7(11)5-12-8(6)10/h1-2,4-5H,3H2. The summed E-state index contributed by atoms with van der Waals surface area (Å²) >= 11 is 11.1. The number of rotatable bonds is 2. The lowest BCUT2D eigenvalue weighted by Crippen LogP contribution is -1.83. The summed E-state index contributed by atoms with van der Waals surface area (Å²) in [6, 6.07) is 1.30. The van der Waals surface area contributed by atoms with Crippen molar-refractivity contribution in [1.29, 1.82) is 0 Å². The molecule has 12 heavy (non-hydrogen) atoms. The van der Waals surface area contributed by atoms with Crippen LogP contribution >= 0.6 is 23.2 Å². The Balaban J connectivity index is 2.97. The maximum atomic E-state index is 12.6. The Morgan fingerprint density at radius 2 is 2.33 bits per heavy atom. The van der Waals surface area contributed by atoms with Crippen LogP contribution in [0.3, 0.4) is 0 Å². The molecule has 0 unspecified atom stereocenters. The van der Waals surface area contributed by atoms with Crippen LogP contribution in [-0.2, 0) is 0 Å². The Morgan fingerprint density at radius 1 is 1.58 bits per heavy atom. The van der Waals surface area contributed by atoms with E-state index in [1.54, 1.807) is 12.2 Å². The van der Waals surface area contributed by atoms with Gasteiger partial charge in [-0.05, 0) is 6.07 Å². The lowest BCUT2D eigenvalue weighted by molar-refractivity contribution is 0.621. The van der Waals surface area contributed by atoms with Crippen molar-refractivity contribution in [1.82, 2.24) is 4.98 Å². The predicted octanol–water partition coefficient (Wildman–Crippen LogP) is 3.13. The van der Waals surface area contributed by atoms with Crippen LogP contribution in [0, 0.1) is 5.82 Å². The van der Waals surface area contributed by atoms with Crippen LogP contribution in [0.1, 0.15) is 5.56 Å². The Kier molecular flexibility index (Phi) is 3.50. The molecule has 0 bridgehead atoms. The maximum Gasteiger partial charge on any atom is 0.142 e. The fraction of sp³-hybridized carbons (Fsp3) is 0.125. The highest BCUT2D eigenvalue weighted by molar-refractivity contribution is 6.30. The summed E-state index contributed by atoms with van der Waals surface area (Å²) in [5.74, 6) is -0.0408. The van der Waals surface area contributed by atoms with Crippen molar-refractivity contribution >= 4 is 29.3 Å². The fourth-order valence-corrected chi connectivity index (χ4v) is 0.982. The second-order valence-electron chi connectivity index (χ2n) is 2.09. The lowest BCUT2D eigenvalue weighted by Gasteiger charge is -1.95. The van der Waals surface area contributed by atoms with E-state index in [1.165, 1.54) is 6.07 Å². The SMILES string of the molecule is Fc1cnc(Cl)c(C=CCCl)c1. The predicted molar refractivity (Wildman–Crippen MR) is 49.0 cm³/mol. The van der Waals surface area contributed by atoms with Crippen LogP contribution in [0.2, 0.25) is 5.15 Å². The van der Waals surface area contributed by atoms with E-state index in [0.717, 1.165) is 6.20 Å². The zero-order valence-electron chi connectivity index (χ0n) is 6.10. The molecular formula is C8H6Cl2FN. The van der Waals surface area contributed by atoms with Crippen LogP contribution in [0.25, 0.3) is 6.08 Å². The van der Waals surface area contributed by atoms with Gasteiger partial charge in [0.1, 0.15) is 11.0 Å². The Bertz CT molecular complexity index is 299. The summed E-state index contributed by atoms with van der Waals surface area (Å²) in [5, 5.41) is 0.276. The highest BCUT2D eigenvalue weighted by Gasteiger charge is 1.98. The number of hydrogen-bond acceptors (Lipinski definition) is 1. The second-order valence-corrected chi connectivity index (χ2v) is 2.76. The van der Waals surface area contributed by atoms with Gasteiger partial charge < -0.3 is 0 Å². The highest BCUT2D eigenvalue weighted by Crippen LogP contribution is 2.15. The molecule has 0 atom stereocenters. The third-order valence-electron chi connectivity index (χ3n) is 1.22. The van der Waals surface area contributed by atoms with Crippen LogP contribution in [0.5, 0.6) is 0 Å². The van der Waals surface area contributed by atoms with E-state index in [4.69, 9.17) is 23.2 Å². The van der Waals surface area contributed by atoms with Gasteiger partial charge >= 0.3 is 0 Å². The summed E-state index contributed by atoms with van der Waals surface area (Å²) in [6.07, 6.45) is 4.37. The third kappa shape index (κ3) is 2.47. The largest absolute Gasteiger partial charge is 0.241 e. The molecule has 64 valence electrons. The molecule has 0 spiro atoms. The van der Waals surface area contributed by atoms with E-state index in [9.17, 15) is 4.39 Å². The number of hydrogen-bond donors (Lipinski definition) is 0. The molecule has 4 heteroatoms. The minimum atomic E-state index is -0.409. The molecule has 0 aliphatic heterocycles. The molecule has 0 saturated carbocycles. The number of allylic oxidation sites excluding steroid dienone is 1. The van der Waals surface area contributed by atoms with E-state index in [1.807, 2.05) is 0 Å². The van der Waals surface area contributed by atoms with Crippen molar-refractivity contribution in [3.05, 3.63) is 34.9 Å². The number of pyridine rings is 1. The monoisotopic (exact) mass is 205 g/mol. The van der Waals surface area contributed by atoms with Gasteiger partial charge in [-0.2, -0.15) is 0 Å². The first kappa shape index (κ1) is 9.49. The first-order valence-corrected chi connectivity index (χ1v) is 4.19. The molecule has 1 heterocycles. The van der Waals surface area contributed by atoms with Gasteiger partial charge in [0.25, 0.3) is 0 Å². The summed E-state index contributed by atoms with van der Waals surface area (Å²) in [5.41, 5.74) is 0.539. The molecule has 0 N–H and O–H groups in total. The van der Waals surface area contributed by atoms with Gasteiger partial charge in [-0.15, -0.1) is 11.6 Å². The average molecular weight is 206 g/mol. The quantitative estimate of drug-likeness (QED) is 0.535. The van der Waals surface area contributed by atoms with Gasteiger partial charge in [-0.3, -0.25) is 0 Å². The van der Waals surface area contributed by atoms with Gasteiger partial charge in [-0.1, -0.05) is 23.8 Å². The number of halogens is 3. The van der Waals surface area contributed by atoms with E-state index in [-0.39, 0.29) is 5.15 Å². The normalized spacial score (nSPS) is 10.9. The smallest absolute Gasteiger partial charge is 0.142 e. The van der Waals surface area contributed by atoms with Crippen LogP contribution in [-0.4, -0.2) is 10.9 Å². The molecule has 0 radical (unpaired) electrons. The van der Waals surface area contributed by atoms with Gasteiger partial charge in [0, 0.05) is 11.4 Å². The molecule has 0 aliphatic rings. The van der Waals surface area contributed by atoms with Gasteiger partial charge in [0.2, 0.25) is 0 Å². The molecule has 1 aromatic rings. The van der Waals surface area contributed by atoms with E-state index >= 15 is 0 Å². The van der Waals surface area contributed by atoms with Crippen molar-refractivity contribution in [3.8, 4) is 0 Å². The minimum Gasteiger partial charge on any atom is -0.241 e. The van der Waals surface area contributed by atoms with Gasteiger partial charge in [0.15, 0.2) is 0 Å². The van der Waals surface area contributed by atoms with Gasteiger partial charge in [0.05, 0.1) is 6.20 Å². The Labute approximate surface area is 79.8 Å².